The van der Waals surface area contributed by atoms with Crippen LogP contribution in [0, 0.1) is 0 Å². The van der Waals surface area contributed by atoms with Crippen LogP contribution in [-0.4, -0.2) is 35.0 Å². The Morgan fingerprint density at radius 3 is 2.57 bits per heavy atom. The second-order valence-electron chi connectivity index (χ2n) is 5.00. The first kappa shape index (κ1) is 11.5. The normalized spacial score (nSPS) is 28.0. The summed E-state index contributed by atoms with van der Waals surface area (Å²) >= 11 is 0. The van der Waals surface area contributed by atoms with Crippen molar-refractivity contribution >= 4 is 5.91 Å². The van der Waals surface area contributed by atoms with Gasteiger partial charge in [-0.1, -0.05) is 0 Å². The molecule has 0 aromatic rings. The molecule has 82 valence electrons. The van der Waals surface area contributed by atoms with Gasteiger partial charge in [-0.2, -0.15) is 0 Å². The minimum Gasteiger partial charge on any atom is -0.336 e. The Morgan fingerprint density at radius 2 is 2.07 bits per heavy atom. The van der Waals surface area contributed by atoms with Crippen molar-refractivity contribution in [3.63, 3.8) is 0 Å². The molecule has 0 aromatic heterocycles. The summed E-state index contributed by atoms with van der Waals surface area (Å²) in [5.41, 5.74) is -0.408. The van der Waals surface area contributed by atoms with Crippen LogP contribution in [-0.2, 0) is 4.79 Å². The van der Waals surface area contributed by atoms with Crippen LogP contribution in [0.3, 0.4) is 0 Å². The van der Waals surface area contributed by atoms with Crippen molar-refractivity contribution in [1.82, 2.24) is 10.2 Å². The fourth-order valence-electron chi connectivity index (χ4n) is 2.07. The molecule has 3 heteroatoms. The summed E-state index contributed by atoms with van der Waals surface area (Å²) in [7, 11) is 0. The van der Waals surface area contributed by atoms with E-state index in [1.54, 1.807) is 0 Å². The van der Waals surface area contributed by atoms with Crippen molar-refractivity contribution in [3.05, 3.63) is 0 Å². The van der Waals surface area contributed by atoms with Crippen molar-refractivity contribution in [2.75, 3.05) is 6.54 Å². The quantitative estimate of drug-likeness (QED) is 0.690. The number of nitrogens with one attached hydrogen (secondary N) is 1. The first-order valence-corrected chi connectivity index (χ1v) is 5.44. The summed E-state index contributed by atoms with van der Waals surface area (Å²) in [6, 6.07) is 0.633. The van der Waals surface area contributed by atoms with Crippen LogP contribution in [0.1, 0.15) is 41.0 Å². The second kappa shape index (κ2) is 3.89. The topological polar surface area (TPSA) is 32.3 Å². The average molecular weight is 198 g/mol. The standard InChI is InChI=1S/C11H22N2O/c1-8(2)13-9(3)6-7-12-11(4,5)10(13)14/h8-9,12H,6-7H2,1-5H3. The molecule has 1 heterocycles. The van der Waals surface area contributed by atoms with E-state index in [-0.39, 0.29) is 11.9 Å². The highest BCUT2D eigenvalue weighted by atomic mass is 16.2. The van der Waals surface area contributed by atoms with Crippen LogP contribution in [0.4, 0.5) is 0 Å². The highest BCUT2D eigenvalue weighted by Crippen LogP contribution is 2.19. The maximum absolute atomic E-state index is 12.2. The fourth-order valence-corrected chi connectivity index (χ4v) is 2.07. The van der Waals surface area contributed by atoms with Gasteiger partial charge in [0.1, 0.15) is 0 Å². The summed E-state index contributed by atoms with van der Waals surface area (Å²) in [6.07, 6.45) is 1.04. The molecular formula is C11H22N2O. The van der Waals surface area contributed by atoms with E-state index in [1.807, 2.05) is 18.7 Å². The highest BCUT2D eigenvalue weighted by molar-refractivity contribution is 5.86. The van der Waals surface area contributed by atoms with E-state index < -0.39 is 5.54 Å². The largest absolute Gasteiger partial charge is 0.336 e. The van der Waals surface area contributed by atoms with E-state index in [4.69, 9.17) is 0 Å². The summed E-state index contributed by atoms with van der Waals surface area (Å²) in [4.78, 5) is 14.2. The molecule has 1 saturated heterocycles. The maximum Gasteiger partial charge on any atom is 0.242 e. The number of carbonyl (C=O) groups excluding carboxylic acids is 1. The molecule has 1 aliphatic heterocycles. The zero-order chi connectivity index (χ0) is 10.9. The molecule has 3 nitrogen and oxygen atoms in total. The van der Waals surface area contributed by atoms with Gasteiger partial charge >= 0.3 is 0 Å². The smallest absolute Gasteiger partial charge is 0.242 e. The Bertz CT molecular complexity index is 223. The molecule has 1 aliphatic rings. The van der Waals surface area contributed by atoms with Gasteiger partial charge in [0.2, 0.25) is 5.91 Å². The highest BCUT2D eigenvalue weighted by Gasteiger charge is 2.37. The first-order valence-electron chi connectivity index (χ1n) is 5.44. The lowest BCUT2D eigenvalue weighted by atomic mass is 10.0. The van der Waals surface area contributed by atoms with Crippen molar-refractivity contribution in [2.24, 2.45) is 0 Å². The van der Waals surface area contributed by atoms with E-state index >= 15 is 0 Å². The molecular weight excluding hydrogens is 176 g/mol. The van der Waals surface area contributed by atoms with E-state index in [0.29, 0.717) is 6.04 Å². The van der Waals surface area contributed by atoms with Crippen molar-refractivity contribution in [1.29, 1.82) is 0 Å². The third-order valence-corrected chi connectivity index (χ3v) is 2.93. The minimum atomic E-state index is -0.408. The van der Waals surface area contributed by atoms with Crippen LogP contribution in [0.2, 0.25) is 0 Å². The van der Waals surface area contributed by atoms with Crippen LogP contribution in [0.15, 0.2) is 0 Å². The molecule has 0 bridgehead atoms. The Balaban J connectivity index is 2.92. The van der Waals surface area contributed by atoms with Crippen LogP contribution < -0.4 is 5.32 Å². The molecule has 0 spiro atoms. The Labute approximate surface area is 86.9 Å². The van der Waals surface area contributed by atoms with Gasteiger partial charge in [-0.15, -0.1) is 0 Å². The SMILES string of the molecule is CC(C)N1C(=O)C(C)(C)NCCC1C. The van der Waals surface area contributed by atoms with Gasteiger partial charge in [-0.05, 0) is 47.6 Å². The molecule has 0 aromatic carbocycles. The molecule has 0 aliphatic carbocycles. The molecule has 1 atom stereocenters. The lowest BCUT2D eigenvalue weighted by molar-refractivity contribution is -0.139. The number of amides is 1. The lowest BCUT2D eigenvalue weighted by Gasteiger charge is -2.35. The molecule has 1 unspecified atom stereocenters. The van der Waals surface area contributed by atoms with Crippen LogP contribution in [0.5, 0.6) is 0 Å². The molecule has 1 fully saturated rings. The maximum atomic E-state index is 12.2. The van der Waals surface area contributed by atoms with Crippen molar-refractivity contribution in [2.45, 2.75) is 58.7 Å². The van der Waals surface area contributed by atoms with Crippen molar-refractivity contribution < 1.29 is 4.79 Å². The summed E-state index contributed by atoms with van der Waals surface area (Å²) in [5, 5.41) is 3.29. The monoisotopic (exact) mass is 198 g/mol. The fraction of sp³-hybridized carbons (Fsp3) is 0.909. The zero-order valence-corrected chi connectivity index (χ0v) is 9.92. The van der Waals surface area contributed by atoms with Gasteiger partial charge in [-0.3, -0.25) is 4.79 Å². The molecule has 14 heavy (non-hydrogen) atoms. The number of hydrogen-bond donors (Lipinski definition) is 1. The van der Waals surface area contributed by atoms with Gasteiger partial charge in [0.25, 0.3) is 0 Å². The van der Waals surface area contributed by atoms with Crippen molar-refractivity contribution in [3.8, 4) is 0 Å². The van der Waals surface area contributed by atoms with Gasteiger partial charge in [-0.25, -0.2) is 0 Å². The molecule has 1 rings (SSSR count). The van der Waals surface area contributed by atoms with Crippen LogP contribution >= 0.6 is 0 Å². The third-order valence-electron chi connectivity index (χ3n) is 2.93. The van der Waals surface area contributed by atoms with E-state index in [1.165, 1.54) is 0 Å². The van der Waals surface area contributed by atoms with E-state index in [9.17, 15) is 4.79 Å². The predicted molar refractivity (Wildman–Crippen MR) is 58.1 cm³/mol. The molecule has 1 amide bonds. The van der Waals surface area contributed by atoms with Crippen LogP contribution in [0.25, 0.3) is 0 Å². The number of hydrogen-bond acceptors (Lipinski definition) is 2. The molecule has 1 N–H and O–H groups in total. The second-order valence-corrected chi connectivity index (χ2v) is 5.00. The predicted octanol–water partition coefficient (Wildman–Crippen LogP) is 1.38. The minimum absolute atomic E-state index is 0.220. The van der Waals surface area contributed by atoms with Gasteiger partial charge < -0.3 is 10.2 Å². The third kappa shape index (κ3) is 2.08. The Kier molecular flexibility index (Phi) is 3.20. The average Bonchev–Trinajstić information content (AvgIpc) is 2.10. The van der Waals surface area contributed by atoms with E-state index in [2.05, 4.69) is 26.1 Å². The zero-order valence-electron chi connectivity index (χ0n) is 9.92. The summed E-state index contributed by atoms with van der Waals surface area (Å²) in [5.74, 6) is 0.220. The molecule has 0 radical (unpaired) electrons. The summed E-state index contributed by atoms with van der Waals surface area (Å²) in [6.45, 7) is 11.1. The first-order chi connectivity index (χ1) is 6.36. The lowest BCUT2D eigenvalue weighted by Crippen LogP contribution is -2.54. The van der Waals surface area contributed by atoms with Gasteiger partial charge in [0, 0.05) is 12.1 Å². The summed E-state index contributed by atoms with van der Waals surface area (Å²) < 4.78 is 0. The Hall–Kier alpha value is -0.570. The Morgan fingerprint density at radius 1 is 1.50 bits per heavy atom. The van der Waals surface area contributed by atoms with Gasteiger partial charge in [0.15, 0.2) is 0 Å². The van der Waals surface area contributed by atoms with E-state index in [0.717, 1.165) is 13.0 Å². The van der Waals surface area contributed by atoms with Gasteiger partial charge in [0.05, 0.1) is 5.54 Å². The molecule has 0 saturated carbocycles. The number of carbonyl (C=O) groups is 1. The number of nitrogens with zero attached hydrogens (tertiary/aromatic N) is 1. The number of rotatable bonds is 1.